The fourth-order valence-electron chi connectivity index (χ4n) is 1.81. The zero-order chi connectivity index (χ0) is 13.1. The van der Waals surface area contributed by atoms with Crippen LogP contribution in [0.3, 0.4) is 0 Å². The molecule has 0 atom stereocenters. The molecular weight excluding hydrogens is 240 g/mol. The van der Waals surface area contributed by atoms with E-state index < -0.39 is 0 Å². The number of benzene rings is 1. The molecule has 18 heavy (non-hydrogen) atoms. The number of nitrogens with zero attached hydrogens (tertiary/aromatic N) is 2. The summed E-state index contributed by atoms with van der Waals surface area (Å²) < 4.78 is 0. The normalized spacial score (nSPS) is 10.6. The maximum Gasteiger partial charge on any atom is 0.128 e. The molecule has 2 rings (SSSR count). The average Bonchev–Trinajstić information content (AvgIpc) is 2.83. The first-order valence-corrected chi connectivity index (χ1v) is 6.97. The molecule has 0 N–H and O–H groups in total. The molecule has 2 nitrogen and oxygen atoms in total. The van der Waals surface area contributed by atoms with Gasteiger partial charge < -0.3 is 0 Å². The van der Waals surface area contributed by atoms with Gasteiger partial charge in [0, 0.05) is 5.56 Å². The number of aryl methyl sites for hydroxylation is 1. The Morgan fingerprint density at radius 2 is 1.94 bits per heavy atom. The lowest BCUT2D eigenvalue weighted by atomic mass is 10.1. The summed E-state index contributed by atoms with van der Waals surface area (Å²) in [6.07, 6.45) is 1.04. The molecule has 2 aromatic rings. The number of aromatic nitrogens is 1. The number of hydrogen-bond donors (Lipinski definition) is 0. The summed E-state index contributed by atoms with van der Waals surface area (Å²) >= 11 is 1.48. The standard InChI is InChI=1S/C15H16N2S/c1-4-11-5-7-12(8-6-11)15-17-14(10(2)3)13(9-16)18-15/h5-8,10H,4H2,1-3H3. The summed E-state index contributed by atoms with van der Waals surface area (Å²) in [6, 6.07) is 10.7. The maximum atomic E-state index is 9.13. The van der Waals surface area contributed by atoms with Gasteiger partial charge in [0.2, 0.25) is 0 Å². The minimum absolute atomic E-state index is 0.291. The Labute approximate surface area is 112 Å². The molecule has 0 radical (unpaired) electrons. The molecule has 0 saturated heterocycles. The molecule has 0 spiro atoms. The monoisotopic (exact) mass is 256 g/mol. The van der Waals surface area contributed by atoms with E-state index in [1.54, 1.807) is 0 Å². The summed E-state index contributed by atoms with van der Waals surface area (Å²) in [5, 5.41) is 10.1. The first-order valence-electron chi connectivity index (χ1n) is 6.15. The predicted octanol–water partition coefficient (Wildman–Crippen LogP) is 4.37. The lowest BCUT2D eigenvalue weighted by molar-refractivity contribution is 0.831. The highest BCUT2D eigenvalue weighted by molar-refractivity contribution is 7.15. The van der Waals surface area contributed by atoms with Gasteiger partial charge in [-0.05, 0) is 17.9 Å². The van der Waals surface area contributed by atoms with Crippen molar-refractivity contribution in [3.05, 3.63) is 40.4 Å². The van der Waals surface area contributed by atoms with E-state index in [0.29, 0.717) is 5.92 Å². The highest BCUT2D eigenvalue weighted by atomic mass is 32.1. The highest BCUT2D eigenvalue weighted by Crippen LogP contribution is 2.31. The minimum atomic E-state index is 0.291. The average molecular weight is 256 g/mol. The summed E-state index contributed by atoms with van der Waals surface area (Å²) in [7, 11) is 0. The number of nitriles is 1. The van der Waals surface area contributed by atoms with Crippen molar-refractivity contribution in [1.82, 2.24) is 4.98 Å². The molecule has 0 aliphatic heterocycles. The SMILES string of the molecule is CCc1ccc(-c2nc(C(C)C)c(C#N)s2)cc1. The third kappa shape index (κ3) is 2.44. The smallest absolute Gasteiger partial charge is 0.128 e. The maximum absolute atomic E-state index is 9.13. The van der Waals surface area contributed by atoms with E-state index in [1.807, 2.05) is 0 Å². The van der Waals surface area contributed by atoms with Crippen molar-refractivity contribution in [1.29, 1.82) is 5.26 Å². The Bertz CT molecular complexity index is 574. The molecule has 0 aliphatic carbocycles. The number of rotatable bonds is 3. The Hall–Kier alpha value is -1.66. The van der Waals surface area contributed by atoms with Crippen LogP contribution in [0.1, 0.15) is 42.8 Å². The van der Waals surface area contributed by atoms with Crippen molar-refractivity contribution in [3.8, 4) is 16.6 Å². The van der Waals surface area contributed by atoms with Crippen molar-refractivity contribution in [3.63, 3.8) is 0 Å². The fraction of sp³-hybridized carbons (Fsp3) is 0.333. The summed E-state index contributed by atoms with van der Waals surface area (Å²) in [4.78, 5) is 5.34. The number of thiazole rings is 1. The summed E-state index contributed by atoms with van der Waals surface area (Å²) in [5.41, 5.74) is 3.33. The molecule has 0 saturated carbocycles. The van der Waals surface area contributed by atoms with Gasteiger partial charge >= 0.3 is 0 Å². The fourth-order valence-corrected chi connectivity index (χ4v) is 2.83. The van der Waals surface area contributed by atoms with E-state index in [0.717, 1.165) is 27.6 Å². The summed E-state index contributed by atoms with van der Waals surface area (Å²) in [6.45, 7) is 6.28. The molecule has 3 heteroatoms. The Balaban J connectivity index is 2.41. The van der Waals surface area contributed by atoms with Gasteiger partial charge in [0.15, 0.2) is 0 Å². The van der Waals surface area contributed by atoms with Gasteiger partial charge in [-0.15, -0.1) is 11.3 Å². The second-order valence-corrected chi connectivity index (χ2v) is 5.55. The third-order valence-corrected chi connectivity index (χ3v) is 3.94. The Kier molecular flexibility index (Phi) is 3.78. The van der Waals surface area contributed by atoms with Crippen LogP contribution in [-0.4, -0.2) is 4.98 Å². The van der Waals surface area contributed by atoms with E-state index in [-0.39, 0.29) is 0 Å². The van der Waals surface area contributed by atoms with Gasteiger partial charge in [0.25, 0.3) is 0 Å². The molecule has 0 aliphatic rings. The summed E-state index contributed by atoms with van der Waals surface area (Å²) in [5.74, 6) is 0.291. The van der Waals surface area contributed by atoms with Crippen molar-refractivity contribution in [2.45, 2.75) is 33.1 Å². The largest absolute Gasteiger partial charge is 0.239 e. The van der Waals surface area contributed by atoms with Crippen LogP contribution in [0.2, 0.25) is 0 Å². The van der Waals surface area contributed by atoms with Crippen LogP contribution in [0, 0.1) is 11.3 Å². The molecule has 92 valence electrons. The zero-order valence-corrected chi connectivity index (χ0v) is 11.7. The van der Waals surface area contributed by atoms with Crippen LogP contribution in [0.15, 0.2) is 24.3 Å². The second kappa shape index (κ2) is 5.32. The van der Waals surface area contributed by atoms with Crippen LogP contribution in [0.4, 0.5) is 0 Å². The second-order valence-electron chi connectivity index (χ2n) is 4.55. The van der Waals surface area contributed by atoms with Crippen LogP contribution >= 0.6 is 11.3 Å². The Morgan fingerprint density at radius 1 is 1.28 bits per heavy atom. The van der Waals surface area contributed by atoms with Crippen LogP contribution in [0.5, 0.6) is 0 Å². The van der Waals surface area contributed by atoms with E-state index in [9.17, 15) is 0 Å². The van der Waals surface area contributed by atoms with Gasteiger partial charge in [-0.25, -0.2) is 4.98 Å². The van der Waals surface area contributed by atoms with Gasteiger partial charge in [0.05, 0.1) is 5.69 Å². The molecular formula is C15H16N2S. The lowest BCUT2D eigenvalue weighted by Gasteiger charge is -2.00. The molecule has 1 heterocycles. The topological polar surface area (TPSA) is 36.7 Å². The van der Waals surface area contributed by atoms with E-state index >= 15 is 0 Å². The molecule has 1 aromatic carbocycles. The first-order chi connectivity index (χ1) is 8.65. The van der Waals surface area contributed by atoms with E-state index in [1.165, 1.54) is 16.9 Å². The molecule has 0 amide bonds. The number of hydrogen-bond acceptors (Lipinski definition) is 3. The van der Waals surface area contributed by atoms with Gasteiger partial charge in [0.1, 0.15) is 16.0 Å². The highest BCUT2D eigenvalue weighted by Gasteiger charge is 2.14. The quantitative estimate of drug-likeness (QED) is 0.817. The van der Waals surface area contributed by atoms with Gasteiger partial charge in [-0.2, -0.15) is 5.26 Å². The Morgan fingerprint density at radius 3 is 2.39 bits per heavy atom. The van der Waals surface area contributed by atoms with Gasteiger partial charge in [-0.3, -0.25) is 0 Å². The van der Waals surface area contributed by atoms with Crippen molar-refractivity contribution < 1.29 is 0 Å². The third-order valence-electron chi connectivity index (χ3n) is 2.91. The molecule has 1 aromatic heterocycles. The van der Waals surface area contributed by atoms with Crippen molar-refractivity contribution in [2.75, 3.05) is 0 Å². The first kappa shape index (κ1) is 12.8. The minimum Gasteiger partial charge on any atom is -0.239 e. The van der Waals surface area contributed by atoms with Crippen LogP contribution in [0.25, 0.3) is 10.6 Å². The molecule has 0 bridgehead atoms. The van der Waals surface area contributed by atoms with Crippen molar-refractivity contribution >= 4 is 11.3 Å². The molecule has 0 unspecified atom stereocenters. The zero-order valence-electron chi connectivity index (χ0n) is 10.9. The van der Waals surface area contributed by atoms with Gasteiger partial charge in [-0.1, -0.05) is 45.0 Å². The van der Waals surface area contributed by atoms with Crippen LogP contribution in [-0.2, 0) is 6.42 Å². The van der Waals surface area contributed by atoms with Crippen LogP contribution < -0.4 is 0 Å². The lowest BCUT2D eigenvalue weighted by Crippen LogP contribution is -1.90. The molecule has 0 fully saturated rings. The van der Waals surface area contributed by atoms with E-state index in [2.05, 4.69) is 56.1 Å². The van der Waals surface area contributed by atoms with E-state index in [4.69, 9.17) is 5.26 Å². The van der Waals surface area contributed by atoms with Crippen molar-refractivity contribution in [2.24, 2.45) is 0 Å². The predicted molar refractivity (Wildman–Crippen MR) is 75.7 cm³/mol.